The molecule has 0 bridgehead atoms. The zero-order valence-electron chi connectivity index (χ0n) is 15.9. The van der Waals surface area contributed by atoms with Gasteiger partial charge in [0.15, 0.2) is 5.78 Å². The van der Waals surface area contributed by atoms with Gasteiger partial charge in [0.25, 0.3) is 0 Å². The number of rotatable bonds is 1. The van der Waals surface area contributed by atoms with E-state index in [9.17, 15) is 9.90 Å². The number of ketones is 1. The highest BCUT2D eigenvalue weighted by Crippen LogP contribution is 2.65. The predicted molar refractivity (Wildman–Crippen MR) is 99.4 cm³/mol. The van der Waals surface area contributed by atoms with Crippen molar-refractivity contribution >= 4 is 5.78 Å². The van der Waals surface area contributed by atoms with Gasteiger partial charge in [-0.1, -0.05) is 25.5 Å². The molecule has 0 spiro atoms. The molecule has 3 saturated carbocycles. The summed E-state index contributed by atoms with van der Waals surface area (Å²) < 4.78 is 2.03. The molecule has 0 amide bonds. The molecule has 3 fully saturated rings. The van der Waals surface area contributed by atoms with Crippen molar-refractivity contribution in [3.05, 3.63) is 30.4 Å². The van der Waals surface area contributed by atoms with E-state index < -0.39 is 0 Å². The van der Waals surface area contributed by atoms with Gasteiger partial charge in [-0.25, -0.2) is 4.98 Å². The van der Waals surface area contributed by atoms with Crippen molar-refractivity contribution in [2.24, 2.45) is 28.6 Å². The first-order valence-electron chi connectivity index (χ1n) is 10.3. The van der Waals surface area contributed by atoms with Gasteiger partial charge in [0, 0.05) is 17.8 Å². The summed E-state index contributed by atoms with van der Waals surface area (Å²) in [6, 6.07) is -0.0300. The molecule has 26 heavy (non-hydrogen) atoms. The van der Waals surface area contributed by atoms with Crippen molar-refractivity contribution in [2.45, 2.75) is 70.9 Å². The minimum atomic E-state index is -0.175. The fraction of sp³-hybridized carbons (Fsp3) is 0.727. The van der Waals surface area contributed by atoms with Crippen LogP contribution in [0.3, 0.4) is 0 Å². The molecule has 0 aromatic carbocycles. The van der Waals surface area contributed by atoms with Crippen LogP contribution in [-0.4, -0.2) is 26.5 Å². The van der Waals surface area contributed by atoms with Gasteiger partial charge < -0.3 is 9.67 Å². The first-order valence-corrected chi connectivity index (χ1v) is 10.3. The van der Waals surface area contributed by atoms with Gasteiger partial charge in [0.1, 0.15) is 0 Å². The smallest absolute Gasteiger partial charge is 0.161 e. The maximum atomic E-state index is 13.3. The van der Waals surface area contributed by atoms with E-state index in [2.05, 4.69) is 24.9 Å². The SMILES string of the molecule is C[C@]12CCC(O)CC1=CCC1C2CC[C@]2(C)C(=O)C(n3ccnc3)CC12. The number of aliphatic hydroxyl groups excluding tert-OH is 1. The van der Waals surface area contributed by atoms with Crippen molar-refractivity contribution in [1.82, 2.24) is 9.55 Å². The van der Waals surface area contributed by atoms with Crippen molar-refractivity contribution in [2.75, 3.05) is 0 Å². The highest BCUT2D eigenvalue weighted by molar-refractivity contribution is 5.91. The Balaban J connectivity index is 1.50. The number of carbonyl (C=O) groups is 1. The fourth-order valence-corrected chi connectivity index (χ4v) is 7.14. The van der Waals surface area contributed by atoms with Crippen LogP contribution in [0.4, 0.5) is 0 Å². The van der Waals surface area contributed by atoms with Gasteiger partial charge in [-0.3, -0.25) is 4.79 Å². The van der Waals surface area contributed by atoms with Crippen molar-refractivity contribution in [3.8, 4) is 0 Å². The number of hydrogen-bond donors (Lipinski definition) is 1. The first-order chi connectivity index (χ1) is 12.4. The Bertz CT molecular complexity index is 754. The molecule has 4 aliphatic carbocycles. The molecule has 4 heteroatoms. The average molecular weight is 354 g/mol. The molecule has 1 N–H and O–H groups in total. The highest BCUT2D eigenvalue weighted by Gasteiger charge is 2.61. The lowest BCUT2D eigenvalue weighted by molar-refractivity contribution is -0.133. The number of nitrogens with zero attached hydrogens (tertiary/aromatic N) is 2. The monoisotopic (exact) mass is 354 g/mol. The summed E-state index contributed by atoms with van der Waals surface area (Å²) in [6.45, 7) is 4.67. The summed E-state index contributed by atoms with van der Waals surface area (Å²) in [6.07, 6.45) is 14.9. The third-order valence-electron chi connectivity index (χ3n) is 8.69. The van der Waals surface area contributed by atoms with E-state index in [0.29, 0.717) is 23.5 Å². The summed E-state index contributed by atoms with van der Waals surface area (Å²) in [5.41, 5.74) is 1.56. The number of Topliss-reactive ketones (excluding diaryl/α,β-unsaturated/α-hetero) is 1. The van der Waals surface area contributed by atoms with Gasteiger partial charge in [0.2, 0.25) is 0 Å². The summed E-state index contributed by atoms with van der Waals surface area (Å²) in [4.78, 5) is 17.5. The van der Waals surface area contributed by atoms with Crippen molar-refractivity contribution in [3.63, 3.8) is 0 Å². The van der Waals surface area contributed by atoms with Crippen LogP contribution in [0.15, 0.2) is 30.4 Å². The molecule has 5 unspecified atom stereocenters. The number of aromatic nitrogens is 2. The Hall–Kier alpha value is -1.42. The molecule has 1 heterocycles. The quantitative estimate of drug-likeness (QED) is 0.778. The second-order valence-corrected chi connectivity index (χ2v) is 9.74. The molecule has 7 atom stereocenters. The number of fused-ring (bicyclic) bond motifs is 5. The summed E-state index contributed by atoms with van der Waals surface area (Å²) in [5, 5.41) is 10.1. The molecule has 140 valence electrons. The van der Waals surface area contributed by atoms with E-state index in [1.807, 2.05) is 17.1 Å². The lowest BCUT2D eigenvalue weighted by Crippen LogP contribution is -2.50. The molecule has 4 aliphatic rings. The molecular formula is C22H30N2O2. The Kier molecular flexibility index (Phi) is 3.57. The zero-order valence-corrected chi connectivity index (χ0v) is 15.9. The lowest BCUT2D eigenvalue weighted by atomic mass is 9.48. The largest absolute Gasteiger partial charge is 0.393 e. The Labute approximate surface area is 155 Å². The molecule has 0 saturated heterocycles. The van der Waals surface area contributed by atoms with Crippen LogP contribution >= 0.6 is 0 Å². The summed E-state index contributed by atoms with van der Waals surface area (Å²) in [7, 11) is 0. The molecule has 1 aromatic rings. The van der Waals surface area contributed by atoms with Crippen molar-refractivity contribution < 1.29 is 9.90 Å². The number of carbonyl (C=O) groups excluding carboxylic acids is 1. The van der Waals surface area contributed by atoms with Gasteiger partial charge >= 0.3 is 0 Å². The van der Waals surface area contributed by atoms with Crippen LogP contribution in [0.2, 0.25) is 0 Å². The van der Waals surface area contributed by atoms with Gasteiger partial charge in [0.05, 0.1) is 18.5 Å². The van der Waals surface area contributed by atoms with Crippen LogP contribution in [-0.2, 0) is 4.79 Å². The Morgan fingerprint density at radius 2 is 2.00 bits per heavy atom. The summed E-state index contributed by atoms with van der Waals surface area (Å²) >= 11 is 0. The van der Waals surface area contributed by atoms with Crippen molar-refractivity contribution in [1.29, 1.82) is 0 Å². The highest BCUT2D eigenvalue weighted by atomic mass is 16.3. The maximum Gasteiger partial charge on any atom is 0.161 e. The van der Waals surface area contributed by atoms with E-state index in [1.54, 1.807) is 6.20 Å². The van der Waals surface area contributed by atoms with Crippen LogP contribution < -0.4 is 0 Å². The van der Waals surface area contributed by atoms with E-state index in [1.165, 1.54) is 5.57 Å². The molecular weight excluding hydrogens is 324 g/mol. The lowest BCUT2D eigenvalue weighted by Gasteiger charge is -2.56. The Morgan fingerprint density at radius 1 is 1.19 bits per heavy atom. The molecule has 1 aromatic heterocycles. The van der Waals surface area contributed by atoms with E-state index in [0.717, 1.165) is 44.9 Å². The minimum Gasteiger partial charge on any atom is -0.393 e. The average Bonchev–Trinajstić information content (AvgIpc) is 3.23. The fourth-order valence-electron chi connectivity index (χ4n) is 7.14. The van der Waals surface area contributed by atoms with Crippen LogP contribution in [0, 0.1) is 28.6 Å². The normalized spacial score (nSPS) is 47.7. The van der Waals surface area contributed by atoms with E-state index >= 15 is 0 Å². The molecule has 5 rings (SSSR count). The first kappa shape index (κ1) is 16.7. The molecule has 4 nitrogen and oxygen atoms in total. The van der Waals surface area contributed by atoms with Crippen LogP contribution in [0.5, 0.6) is 0 Å². The van der Waals surface area contributed by atoms with E-state index in [-0.39, 0.29) is 23.0 Å². The zero-order chi connectivity index (χ0) is 18.1. The van der Waals surface area contributed by atoms with Crippen LogP contribution in [0.1, 0.15) is 64.8 Å². The van der Waals surface area contributed by atoms with E-state index in [4.69, 9.17) is 0 Å². The maximum absolute atomic E-state index is 13.3. The standard InChI is InChI=1S/C22H30N2O2/c1-21-7-5-15(25)11-14(21)3-4-16-17(21)6-8-22(2)18(16)12-19(20(22)26)24-10-9-23-13-24/h3,9-10,13,15-19,25H,4-8,11-12H2,1-2H3/t15?,16?,17?,18?,19?,21-,22-/m0/s1. The minimum absolute atomic E-state index is 0.0300. The summed E-state index contributed by atoms with van der Waals surface area (Å²) in [5.74, 6) is 2.18. The predicted octanol–water partition coefficient (Wildman–Crippen LogP) is 3.93. The number of aliphatic hydroxyl groups is 1. The molecule has 0 aliphatic heterocycles. The van der Waals surface area contributed by atoms with Gasteiger partial charge in [-0.15, -0.1) is 0 Å². The number of imidazole rings is 1. The second-order valence-electron chi connectivity index (χ2n) is 9.74. The Morgan fingerprint density at radius 3 is 2.77 bits per heavy atom. The molecule has 0 radical (unpaired) electrons. The number of hydrogen-bond acceptors (Lipinski definition) is 3. The van der Waals surface area contributed by atoms with Gasteiger partial charge in [-0.05, 0) is 68.1 Å². The van der Waals surface area contributed by atoms with Gasteiger partial charge in [-0.2, -0.15) is 0 Å². The second kappa shape index (κ2) is 5.54. The number of allylic oxidation sites excluding steroid dienone is 1. The third kappa shape index (κ3) is 2.11. The van der Waals surface area contributed by atoms with Crippen LogP contribution in [0.25, 0.3) is 0 Å². The topological polar surface area (TPSA) is 55.1 Å². The third-order valence-corrected chi connectivity index (χ3v) is 8.69.